The van der Waals surface area contributed by atoms with Gasteiger partial charge in [-0.2, -0.15) is 0 Å². The van der Waals surface area contributed by atoms with E-state index in [2.05, 4.69) is 20.1 Å². The average molecular weight is 374 g/mol. The highest BCUT2D eigenvalue weighted by molar-refractivity contribution is 5.83. The molecule has 0 aliphatic carbocycles. The highest BCUT2D eigenvalue weighted by Gasteiger charge is 2.12. The number of fused-ring (bicyclic) bond motifs is 1. The van der Waals surface area contributed by atoms with E-state index in [1.165, 1.54) is 6.92 Å². The quantitative estimate of drug-likeness (QED) is 0.670. The number of aliphatic imine (C=N–C) groups is 1. The summed E-state index contributed by atoms with van der Waals surface area (Å²) in [5.74, 6) is 0.263. The van der Waals surface area contributed by atoms with Crippen LogP contribution in [0.4, 0.5) is 20.4 Å². The summed E-state index contributed by atoms with van der Waals surface area (Å²) < 4.78 is 23.3. The maximum absolute atomic E-state index is 10.8. The van der Waals surface area contributed by atoms with E-state index in [-0.39, 0.29) is 12.4 Å². The fourth-order valence-corrected chi connectivity index (χ4v) is 2.49. The maximum Gasteiger partial charge on any atom is 0.238 e. The van der Waals surface area contributed by atoms with Crippen LogP contribution in [-0.4, -0.2) is 31.7 Å². The lowest BCUT2D eigenvalue weighted by Crippen LogP contribution is -2.03. The smallest absolute Gasteiger partial charge is 0.238 e. The lowest BCUT2D eigenvalue weighted by molar-refractivity contribution is 0.144. The first-order chi connectivity index (χ1) is 12.7. The molecule has 0 radical (unpaired) electrons. The van der Waals surface area contributed by atoms with Crippen molar-refractivity contribution < 1.29 is 8.78 Å². The minimum absolute atomic E-state index is 0.0278. The number of nitrogens with two attached hydrogens (primary N) is 1. The van der Waals surface area contributed by atoms with Gasteiger partial charge in [0, 0.05) is 23.9 Å². The van der Waals surface area contributed by atoms with Gasteiger partial charge in [-0.15, -0.1) is 5.10 Å². The molecule has 0 atom stereocenters. The van der Waals surface area contributed by atoms with E-state index in [1.54, 1.807) is 4.52 Å². The Balaban J connectivity index is 0.000000465. The van der Waals surface area contributed by atoms with Crippen molar-refractivity contribution in [1.82, 2.24) is 19.6 Å². The third-order valence-corrected chi connectivity index (χ3v) is 3.69. The van der Waals surface area contributed by atoms with Crippen LogP contribution in [0.15, 0.2) is 29.4 Å². The number of halogens is 2. The molecule has 3 aromatic rings. The summed E-state index contributed by atoms with van der Waals surface area (Å²) in [4.78, 5) is 13.4. The van der Waals surface area contributed by atoms with Gasteiger partial charge in [0.15, 0.2) is 0 Å². The average Bonchev–Trinajstić information content (AvgIpc) is 3.01. The molecule has 0 spiro atoms. The zero-order chi connectivity index (χ0) is 20.1. The van der Waals surface area contributed by atoms with Gasteiger partial charge in [0.2, 0.25) is 12.4 Å². The zero-order valence-corrected chi connectivity index (χ0v) is 16.2. The maximum atomic E-state index is 10.8. The Morgan fingerprint density at radius 3 is 2.37 bits per heavy atom. The topological polar surface area (TPSA) is 81.5 Å². The lowest BCUT2D eigenvalue weighted by Gasteiger charge is -2.06. The van der Waals surface area contributed by atoms with Gasteiger partial charge in [0.1, 0.15) is 0 Å². The molecule has 3 aromatic heterocycles. The number of nitrogen functional groups attached to an aromatic ring is 1. The standard InChI is InChI=1S/C16H18N6.C3H6F2/c1-9(2)18-13-5-6-14(19-10(13)3)12-7-8-22-15(12)11(4)20-16(17)21-22;1-2-3(4)5/h5-8H,1-4H3,(H2,17,21);3H,2H2,1H3. The SMILES string of the molecule is CC(C)=Nc1ccc(-c2ccn3nc(N)nc(C)c23)nc1C.CCC(F)F. The van der Waals surface area contributed by atoms with Crippen LogP contribution in [0.25, 0.3) is 16.8 Å². The molecule has 3 heterocycles. The Hall–Kier alpha value is -2.90. The number of pyridine rings is 1. The number of hydrogen-bond donors (Lipinski definition) is 1. The van der Waals surface area contributed by atoms with E-state index in [1.807, 2.05) is 52.1 Å². The van der Waals surface area contributed by atoms with Crippen LogP contribution in [-0.2, 0) is 0 Å². The summed E-state index contributed by atoms with van der Waals surface area (Å²) in [6, 6.07) is 5.94. The first-order valence-corrected chi connectivity index (χ1v) is 8.62. The Labute approximate surface area is 157 Å². The second-order valence-corrected chi connectivity index (χ2v) is 6.24. The highest BCUT2D eigenvalue weighted by Crippen LogP contribution is 2.28. The largest absolute Gasteiger partial charge is 0.367 e. The molecule has 0 fully saturated rings. The summed E-state index contributed by atoms with van der Waals surface area (Å²) in [6.07, 6.45) is -0.274. The molecule has 8 heteroatoms. The van der Waals surface area contributed by atoms with Gasteiger partial charge >= 0.3 is 0 Å². The van der Waals surface area contributed by atoms with Crippen LogP contribution < -0.4 is 5.73 Å². The predicted octanol–water partition coefficient (Wildman–Crippen LogP) is 4.76. The third-order valence-electron chi connectivity index (χ3n) is 3.69. The van der Waals surface area contributed by atoms with Crippen LogP contribution in [0.5, 0.6) is 0 Å². The van der Waals surface area contributed by atoms with Crippen molar-refractivity contribution in [2.75, 3.05) is 5.73 Å². The molecule has 0 aromatic carbocycles. The fourth-order valence-electron chi connectivity index (χ4n) is 2.49. The summed E-state index contributed by atoms with van der Waals surface area (Å²) in [5.41, 5.74) is 12.1. The van der Waals surface area contributed by atoms with Crippen LogP contribution in [0.2, 0.25) is 0 Å². The van der Waals surface area contributed by atoms with Gasteiger partial charge in [0.05, 0.1) is 28.3 Å². The van der Waals surface area contributed by atoms with E-state index < -0.39 is 6.43 Å². The Bertz CT molecular complexity index is 958. The number of aryl methyl sites for hydroxylation is 2. The highest BCUT2D eigenvalue weighted by atomic mass is 19.3. The predicted molar refractivity (Wildman–Crippen MR) is 105 cm³/mol. The van der Waals surface area contributed by atoms with Crippen molar-refractivity contribution in [3.05, 3.63) is 35.8 Å². The van der Waals surface area contributed by atoms with Gasteiger partial charge in [0.25, 0.3) is 0 Å². The van der Waals surface area contributed by atoms with E-state index in [4.69, 9.17) is 5.73 Å². The molecule has 144 valence electrons. The second kappa shape index (κ2) is 8.66. The zero-order valence-electron chi connectivity index (χ0n) is 16.2. The van der Waals surface area contributed by atoms with Crippen molar-refractivity contribution >= 4 is 22.9 Å². The molecular weight excluding hydrogens is 350 g/mol. The molecule has 0 saturated heterocycles. The molecule has 3 rings (SSSR count). The van der Waals surface area contributed by atoms with Crippen molar-refractivity contribution in [2.45, 2.75) is 47.5 Å². The summed E-state index contributed by atoms with van der Waals surface area (Å²) >= 11 is 0. The van der Waals surface area contributed by atoms with Crippen molar-refractivity contribution in [3.63, 3.8) is 0 Å². The van der Waals surface area contributed by atoms with Gasteiger partial charge in [-0.1, -0.05) is 6.92 Å². The van der Waals surface area contributed by atoms with Gasteiger partial charge in [-0.05, 0) is 45.9 Å². The molecule has 0 aliphatic heterocycles. The molecular formula is C19H24F2N6. The van der Waals surface area contributed by atoms with E-state index in [0.29, 0.717) is 0 Å². The normalized spacial score (nSPS) is 10.7. The fraction of sp³-hybridized carbons (Fsp3) is 0.368. The van der Waals surface area contributed by atoms with E-state index in [9.17, 15) is 8.78 Å². The Morgan fingerprint density at radius 2 is 1.81 bits per heavy atom. The van der Waals surface area contributed by atoms with Crippen LogP contribution in [0, 0.1) is 13.8 Å². The van der Waals surface area contributed by atoms with Crippen molar-refractivity contribution in [1.29, 1.82) is 0 Å². The molecule has 2 N–H and O–H groups in total. The summed E-state index contributed by atoms with van der Waals surface area (Å²) in [5, 5.41) is 4.20. The van der Waals surface area contributed by atoms with E-state index in [0.717, 1.165) is 39.6 Å². The molecule has 0 bridgehead atoms. The van der Waals surface area contributed by atoms with Crippen LogP contribution >= 0.6 is 0 Å². The third kappa shape index (κ3) is 5.06. The molecule has 6 nitrogen and oxygen atoms in total. The Kier molecular flexibility index (Phi) is 6.55. The van der Waals surface area contributed by atoms with Crippen molar-refractivity contribution in [2.24, 2.45) is 4.99 Å². The molecule has 0 saturated carbocycles. The second-order valence-electron chi connectivity index (χ2n) is 6.24. The van der Waals surface area contributed by atoms with E-state index >= 15 is 0 Å². The van der Waals surface area contributed by atoms with Crippen LogP contribution in [0.1, 0.15) is 38.6 Å². The first kappa shape index (κ1) is 20.4. The van der Waals surface area contributed by atoms with Gasteiger partial charge < -0.3 is 5.73 Å². The minimum Gasteiger partial charge on any atom is -0.367 e. The Morgan fingerprint density at radius 1 is 1.15 bits per heavy atom. The molecule has 0 unspecified atom stereocenters. The van der Waals surface area contributed by atoms with Crippen LogP contribution in [0.3, 0.4) is 0 Å². The number of hydrogen-bond acceptors (Lipinski definition) is 5. The molecule has 27 heavy (non-hydrogen) atoms. The summed E-state index contributed by atoms with van der Waals surface area (Å²) in [6.45, 7) is 9.28. The molecule has 0 aliphatic rings. The van der Waals surface area contributed by atoms with Gasteiger partial charge in [-0.25, -0.2) is 18.3 Å². The summed E-state index contributed by atoms with van der Waals surface area (Å²) in [7, 11) is 0. The lowest BCUT2D eigenvalue weighted by atomic mass is 10.1. The number of aromatic nitrogens is 4. The number of nitrogens with zero attached hydrogens (tertiary/aromatic N) is 5. The van der Waals surface area contributed by atoms with Crippen molar-refractivity contribution in [3.8, 4) is 11.3 Å². The monoisotopic (exact) mass is 374 g/mol. The number of alkyl halides is 2. The molecule has 0 amide bonds. The van der Waals surface area contributed by atoms with Gasteiger partial charge in [-0.3, -0.25) is 9.98 Å². The minimum atomic E-state index is -2.12. The first-order valence-electron chi connectivity index (χ1n) is 8.62. The number of anilines is 1. The number of rotatable bonds is 3.